The monoisotopic (exact) mass is 436 g/mol. The fourth-order valence-corrected chi connectivity index (χ4v) is 2.80. The Morgan fingerprint density at radius 1 is 1.07 bits per heavy atom. The van der Waals surface area contributed by atoms with Gasteiger partial charge >= 0.3 is 6.18 Å². The van der Waals surface area contributed by atoms with Crippen LogP contribution in [0.2, 0.25) is 5.02 Å². The molecule has 156 valence electrons. The average Bonchev–Trinajstić information content (AvgIpc) is 3.23. The van der Waals surface area contributed by atoms with Crippen LogP contribution >= 0.6 is 11.6 Å². The van der Waals surface area contributed by atoms with E-state index in [1.807, 2.05) is 6.92 Å². The predicted molar refractivity (Wildman–Crippen MR) is 106 cm³/mol. The van der Waals surface area contributed by atoms with Crippen molar-refractivity contribution in [3.8, 4) is 0 Å². The van der Waals surface area contributed by atoms with Crippen LogP contribution < -0.4 is 10.6 Å². The second-order valence-electron chi connectivity index (χ2n) is 6.45. The maximum atomic E-state index is 13.1. The van der Waals surface area contributed by atoms with Crippen LogP contribution in [0.3, 0.4) is 0 Å². The van der Waals surface area contributed by atoms with E-state index in [1.54, 1.807) is 24.3 Å². The molecule has 0 bridgehead atoms. The molecule has 1 amide bonds. The van der Waals surface area contributed by atoms with Crippen molar-refractivity contribution >= 4 is 29.0 Å². The van der Waals surface area contributed by atoms with Crippen molar-refractivity contribution in [1.82, 2.24) is 5.32 Å². The molecule has 0 aliphatic rings. The van der Waals surface area contributed by atoms with Crippen LogP contribution in [0.1, 0.15) is 32.0 Å². The molecule has 0 saturated heterocycles. The number of rotatable bonds is 6. The standard InChI is InChI=1S/C21H16ClF3N2O3/c1-12-4-6-13(7-5-12)18(28)19(27-20(29)17-3-2-10-30-17)26-16-11-14(21(23,24)25)8-9-15(16)22/h2-11,19,26H,1H3,(H,27,29). The number of alkyl halides is 3. The van der Waals surface area contributed by atoms with Gasteiger partial charge in [0.15, 0.2) is 11.9 Å². The van der Waals surface area contributed by atoms with Gasteiger partial charge in [-0.3, -0.25) is 9.59 Å². The van der Waals surface area contributed by atoms with E-state index in [0.29, 0.717) is 0 Å². The lowest BCUT2D eigenvalue weighted by molar-refractivity contribution is -0.137. The van der Waals surface area contributed by atoms with Gasteiger partial charge in [-0.15, -0.1) is 0 Å². The van der Waals surface area contributed by atoms with Gasteiger partial charge in [-0.2, -0.15) is 13.2 Å². The highest BCUT2D eigenvalue weighted by Gasteiger charge is 2.32. The van der Waals surface area contributed by atoms with E-state index in [4.69, 9.17) is 16.0 Å². The first-order chi connectivity index (χ1) is 14.1. The van der Waals surface area contributed by atoms with Gasteiger partial charge in [-0.1, -0.05) is 41.4 Å². The number of ketones is 1. The van der Waals surface area contributed by atoms with E-state index in [9.17, 15) is 22.8 Å². The van der Waals surface area contributed by atoms with E-state index in [0.717, 1.165) is 23.8 Å². The van der Waals surface area contributed by atoms with Gasteiger partial charge in [-0.05, 0) is 37.3 Å². The Bertz CT molecular complexity index is 1050. The van der Waals surface area contributed by atoms with Crippen LogP contribution in [0.25, 0.3) is 0 Å². The maximum absolute atomic E-state index is 13.1. The summed E-state index contributed by atoms with van der Waals surface area (Å²) in [7, 11) is 0. The van der Waals surface area contributed by atoms with Crippen molar-refractivity contribution < 1.29 is 27.2 Å². The van der Waals surface area contributed by atoms with E-state index in [-0.39, 0.29) is 22.0 Å². The Balaban J connectivity index is 1.94. The van der Waals surface area contributed by atoms with Gasteiger partial charge in [-0.25, -0.2) is 0 Å². The second-order valence-corrected chi connectivity index (χ2v) is 6.86. The lowest BCUT2D eigenvalue weighted by Gasteiger charge is -2.21. The molecule has 0 aliphatic heterocycles. The second kappa shape index (κ2) is 8.62. The van der Waals surface area contributed by atoms with Gasteiger partial charge < -0.3 is 15.1 Å². The fraction of sp³-hybridized carbons (Fsp3) is 0.143. The van der Waals surface area contributed by atoms with Crippen LogP contribution in [0.4, 0.5) is 18.9 Å². The highest BCUT2D eigenvalue weighted by atomic mass is 35.5. The molecule has 3 aromatic rings. The lowest BCUT2D eigenvalue weighted by Crippen LogP contribution is -2.46. The third-order valence-electron chi connectivity index (χ3n) is 4.21. The normalized spacial score (nSPS) is 12.3. The van der Waals surface area contributed by atoms with Crippen molar-refractivity contribution in [2.45, 2.75) is 19.3 Å². The molecule has 0 spiro atoms. The van der Waals surface area contributed by atoms with Crippen molar-refractivity contribution in [2.75, 3.05) is 5.32 Å². The Morgan fingerprint density at radius 2 is 1.77 bits per heavy atom. The quantitative estimate of drug-likeness (QED) is 0.405. The molecule has 0 aliphatic carbocycles. The molecule has 0 saturated carbocycles. The number of benzene rings is 2. The zero-order chi connectivity index (χ0) is 21.9. The van der Waals surface area contributed by atoms with Crippen LogP contribution in [0, 0.1) is 6.92 Å². The van der Waals surface area contributed by atoms with Crippen molar-refractivity contribution in [1.29, 1.82) is 0 Å². The summed E-state index contributed by atoms with van der Waals surface area (Å²) in [6.45, 7) is 1.84. The van der Waals surface area contributed by atoms with Gasteiger partial charge in [0.1, 0.15) is 0 Å². The molecule has 9 heteroatoms. The molecular weight excluding hydrogens is 421 g/mol. The number of halogens is 4. The van der Waals surface area contributed by atoms with Crippen molar-refractivity contribution in [3.05, 3.63) is 88.3 Å². The first-order valence-corrected chi connectivity index (χ1v) is 9.11. The lowest BCUT2D eigenvalue weighted by atomic mass is 10.1. The van der Waals surface area contributed by atoms with Gasteiger partial charge in [0.2, 0.25) is 5.78 Å². The molecule has 1 aromatic heterocycles. The third-order valence-corrected chi connectivity index (χ3v) is 4.54. The van der Waals surface area contributed by atoms with Crippen LogP contribution in [0.15, 0.2) is 65.3 Å². The molecule has 1 atom stereocenters. The fourth-order valence-electron chi connectivity index (χ4n) is 2.63. The van der Waals surface area contributed by atoms with E-state index in [2.05, 4.69) is 10.6 Å². The number of amides is 1. The number of carbonyl (C=O) groups is 2. The minimum absolute atomic E-state index is 0.0445. The molecular formula is C21H16ClF3N2O3. The largest absolute Gasteiger partial charge is 0.459 e. The molecule has 2 aromatic carbocycles. The smallest absolute Gasteiger partial charge is 0.416 e. The summed E-state index contributed by atoms with van der Waals surface area (Å²) in [5.41, 5.74) is 0.0579. The summed E-state index contributed by atoms with van der Waals surface area (Å²) in [5, 5.41) is 5.00. The molecule has 1 unspecified atom stereocenters. The molecule has 2 N–H and O–H groups in total. The Kier molecular flexibility index (Phi) is 6.17. The Morgan fingerprint density at radius 3 is 2.37 bits per heavy atom. The number of carbonyl (C=O) groups excluding carboxylic acids is 2. The molecule has 30 heavy (non-hydrogen) atoms. The number of hydrogen-bond donors (Lipinski definition) is 2. The topological polar surface area (TPSA) is 71.3 Å². The molecule has 0 radical (unpaired) electrons. The number of furan rings is 1. The summed E-state index contributed by atoms with van der Waals surface area (Å²) in [6, 6.07) is 12.1. The summed E-state index contributed by atoms with van der Waals surface area (Å²) < 4.78 is 44.2. The zero-order valence-electron chi connectivity index (χ0n) is 15.6. The molecule has 3 rings (SSSR count). The summed E-state index contributed by atoms with van der Waals surface area (Å²) in [5.74, 6) is -1.35. The van der Waals surface area contributed by atoms with Crippen molar-refractivity contribution in [2.24, 2.45) is 0 Å². The molecule has 5 nitrogen and oxygen atoms in total. The van der Waals surface area contributed by atoms with Gasteiger partial charge in [0.05, 0.1) is 22.5 Å². The zero-order valence-corrected chi connectivity index (χ0v) is 16.3. The van der Waals surface area contributed by atoms with E-state index in [1.165, 1.54) is 18.4 Å². The van der Waals surface area contributed by atoms with Crippen LogP contribution in [0.5, 0.6) is 0 Å². The van der Waals surface area contributed by atoms with Gasteiger partial charge in [0.25, 0.3) is 5.91 Å². The highest BCUT2D eigenvalue weighted by Crippen LogP contribution is 2.34. The molecule has 0 fully saturated rings. The third kappa shape index (κ3) is 5.01. The number of Topliss-reactive ketones (excluding diaryl/α,β-unsaturated/α-hetero) is 1. The van der Waals surface area contributed by atoms with E-state index < -0.39 is 29.6 Å². The SMILES string of the molecule is Cc1ccc(C(=O)C(NC(=O)c2ccco2)Nc2cc(C(F)(F)F)ccc2Cl)cc1. The average molecular weight is 437 g/mol. The summed E-state index contributed by atoms with van der Waals surface area (Å²) >= 11 is 6.03. The first-order valence-electron chi connectivity index (χ1n) is 8.73. The number of anilines is 1. The number of nitrogens with one attached hydrogen (secondary N) is 2. The van der Waals surface area contributed by atoms with Crippen LogP contribution in [-0.4, -0.2) is 17.9 Å². The predicted octanol–water partition coefficient (Wildman–Crippen LogP) is 5.31. The summed E-state index contributed by atoms with van der Waals surface area (Å²) in [6.07, 6.45) is -4.72. The number of aryl methyl sites for hydroxylation is 1. The number of hydrogen-bond acceptors (Lipinski definition) is 4. The minimum atomic E-state index is -4.60. The molecule has 1 heterocycles. The van der Waals surface area contributed by atoms with Gasteiger partial charge in [0, 0.05) is 5.56 Å². The Labute approximate surface area is 174 Å². The first kappa shape index (κ1) is 21.4. The minimum Gasteiger partial charge on any atom is -0.459 e. The van der Waals surface area contributed by atoms with Crippen LogP contribution in [-0.2, 0) is 6.18 Å². The van der Waals surface area contributed by atoms with Crippen molar-refractivity contribution in [3.63, 3.8) is 0 Å². The maximum Gasteiger partial charge on any atom is 0.416 e. The Hall–Kier alpha value is -3.26. The van der Waals surface area contributed by atoms with E-state index >= 15 is 0 Å². The highest BCUT2D eigenvalue weighted by molar-refractivity contribution is 6.33. The summed E-state index contributed by atoms with van der Waals surface area (Å²) in [4.78, 5) is 25.4.